The topological polar surface area (TPSA) is 68.3 Å². The number of aryl methyl sites for hydroxylation is 1. The Morgan fingerprint density at radius 1 is 0.969 bits per heavy atom. The molecule has 4 aromatic rings. The molecule has 0 saturated carbocycles. The van der Waals surface area contributed by atoms with E-state index >= 15 is 0 Å². The predicted octanol–water partition coefficient (Wildman–Crippen LogP) is 5.35. The highest BCUT2D eigenvalue weighted by Gasteiger charge is 2.18. The Bertz CT molecular complexity index is 1370. The fraction of sp³-hybridized carbons (Fsp3) is 0.0400. The normalized spacial score (nSPS) is 10.4. The van der Waals surface area contributed by atoms with E-state index in [9.17, 15) is 14.0 Å². The number of hydrogen-bond donors (Lipinski definition) is 1. The number of ketones is 1. The number of carbonyl (C=O) groups is 2. The third-order valence-corrected chi connectivity index (χ3v) is 4.72. The molecule has 0 unspecified atom stereocenters. The van der Waals surface area contributed by atoms with Crippen LogP contribution in [0.4, 0.5) is 15.8 Å². The van der Waals surface area contributed by atoms with Gasteiger partial charge in [0.2, 0.25) is 0 Å². The zero-order valence-corrected chi connectivity index (χ0v) is 17.0. The highest BCUT2D eigenvalue weighted by atomic mass is 19.1. The number of benzene rings is 3. The maximum absolute atomic E-state index is 14.2. The molecule has 0 aliphatic heterocycles. The van der Waals surface area contributed by atoms with Gasteiger partial charge in [-0.1, -0.05) is 42.5 Å². The number of rotatable bonds is 5. The SMILES string of the molecule is [C-]#[N+]c1cccc(-n2nc(C)cc2C(=O)Nc2cc(F)cc(C(=O)c3ccccc3)c2)c1. The molecule has 1 N–H and O–H groups in total. The zero-order valence-electron chi connectivity index (χ0n) is 17.0. The number of nitrogens with one attached hydrogen (secondary N) is 1. The monoisotopic (exact) mass is 424 g/mol. The molecule has 156 valence electrons. The first-order valence-corrected chi connectivity index (χ1v) is 9.71. The average Bonchev–Trinajstić information content (AvgIpc) is 3.20. The number of hydrogen-bond acceptors (Lipinski definition) is 3. The van der Waals surface area contributed by atoms with E-state index in [2.05, 4.69) is 15.3 Å². The van der Waals surface area contributed by atoms with Crippen molar-refractivity contribution >= 4 is 23.1 Å². The highest BCUT2D eigenvalue weighted by molar-refractivity contribution is 6.10. The van der Waals surface area contributed by atoms with Crippen LogP contribution in [-0.2, 0) is 0 Å². The number of amides is 1. The molecular weight excluding hydrogens is 407 g/mol. The van der Waals surface area contributed by atoms with E-state index in [0.29, 0.717) is 22.6 Å². The summed E-state index contributed by atoms with van der Waals surface area (Å²) in [5, 5.41) is 6.99. The summed E-state index contributed by atoms with van der Waals surface area (Å²) in [5.74, 6) is -1.52. The molecule has 7 heteroatoms. The quantitative estimate of drug-likeness (QED) is 0.347. The summed E-state index contributed by atoms with van der Waals surface area (Å²) in [6.07, 6.45) is 0. The minimum atomic E-state index is -0.642. The van der Waals surface area contributed by atoms with Crippen LogP contribution in [-0.4, -0.2) is 21.5 Å². The molecule has 32 heavy (non-hydrogen) atoms. The van der Waals surface area contributed by atoms with Gasteiger partial charge in [-0.2, -0.15) is 5.10 Å². The van der Waals surface area contributed by atoms with Gasteiger partial charge < -0.3 is 5.32 Å². The molecule has 0 atom stereocenters. The van der Waals surface area contributed by atoms with Crippen LogP contribution in [0, 0.1) is 19.3 Å². The van der Waals surface area contributed by atoms with Crippen molar-refractivity contribution in [2.75, 3.05) is 5.32 Å². The van der Waals surface area contributed by atoms with Crippen LogP contribution < -0.4 is 5.32 Å². The van der Waals surface area contributed by atoms with Gasteiger partial charge in [-0.05, 0) is 43.3 Å². The molecule has 1 heterocycles. The van der Waals surface area contributed by atoms with Crippen LogP contribution in [0.15, 0.2) is 78.9 Å². The van der Waals surface area contributed by atoms with Crippen molar-refractivity contribution in [2.24, 2.45) is 0 Å². The third-order valence-electron chi connectivity index (χ3n) is 4.72. The van der Waals surface area contributed by atoms with Gasteiger partial charge in [0.15, 0.2) is 11.5 Å². The molecule has 0 fully saturated rings. The maximum Gasteiger partial charge on any atom is 0.274 e. The molecule has 0 bridgehead atoms. The Kier molecular flexibility index (Phi) is 5.60. The third kappa shape index (κ3) is 4.30. The van der Waals surface area contributed by atoms with Gasteiger partial charge in [0, 0.05) is 16.8 Å². The summed E-state index contributed by atoms with van der Waals surface area (Å²) in [5.41, 5.74) is 2.47. The van der Waals surface area contributed by atoms with Gasteiger partial charge in [0.25, 0.3) is 5.91 Å². The fourth-order valence-corrected chi connectivity index (χ4v) is 3.30. The standard InChI is InChI=1S/C25H17FN4O2/c1-16-11-23(30(29-16)22-10-6-9-20(15-22)27-2)25(32)28-21-13-18(12-19(26)14-21)24(31)17-7-4-3-5-8-17/h3-15H,1H3,(H,28,32). The van der Waals surface area contributed by atoms with E-state index in [0.717, 1.165) is 12.1 Å². The van der Waals surface area contributed by atoms with E-state index in [4.69, 9.17) is 6.57 Å². The van der Waals surface area contributed by atoms with E-state index in [1.807, 2.05) is 0 Å². The number of halogens is 1. The molecule has 6 nitrogen and oxygen atoms in total. The summed E-state index contributed by atoms with van der Waals surface area (Å²) in [6.45, 7) is 8.93. The lowest BCUT2D eigenvalue weighted by Gasteiger charge is -2.10. The minimum absolute atomic E-state index is 0.126. The van der Waals surface area contributed by atoms with Gasteiger partial charge >= 0.3 is 0 Å². The van der Waals surface area contributed by atoms with Gasteiger partial charge in [-0.15, -0.1) is 0 Å². The molecule has 1 aromatic heterocycles. The summed E-state index contributed by atoms with van der Waals surface area (Å²) in [7, 11) is 0. The van der Waals surface area contributed by atoms with Crippen LogP contribution in [0.25, 0.3) is 10.5 Å². The Balaban J connectivity index is 1.65. The second kappa shape index (κ2) is 8.66. The summed E-state index contributed by atoms with van der Waals surface area (Å²) >= 11 is 0. The molecule has 0 aliphatic rings. The van der Waals surface area contributed by atoms with Crippen LogP contribution >= 0.6 is 0 Å². The second-order valence-electron chi connectivity index (χ2n) is 7.09. The highest BCUT2D eigenvalue weighted by Crippen LogP contribution is 2.22. The largest absolute Gasteiger partial charge is 0.321 e. The van der Waals surface area contributed by atoms with E-state index < -0.39 is 11.7 Å². The number of anilines is 1. The molecule has 0 aliphatic carbocycles. The van der Waals surface area contributed by atoms with Gasteiger partial charge in [-0.3, -0.25) is 9.59 Å². The van der Waals surface area contributed by atoms with Crippen molar-refractivity contribution in [2.45, 2.75) is 6.92 Å². The molecule has 1 amide bonds. The Labute approximate surface area is 183 Å². The minimum Gasteiger partial charge on any atom is -0.321 e. The first-order valence-electron chi connectivity index (χ1n) is 9.71. The van der Waals surface area contributed by atoms with Gasteiger partial charge in [0.1, 0.15) is 11.5 Å². The van der Waals surface area contributed by atoms with E-state index in [-0.39, 0.29) is 22.7 Å². The lowest BCUT2D eigenvalue weighted by molar-refractivity contribution is 0.101. The van der Waals surface area contributed by atoms with Gasteiger partial charge in [-0.25, -0.2) is 13.9 Å². The van der Waals surface area contributed by atoms with Crippen LogP contribution in [0.5, 0.6) is 0 Å². The first-order chi connectivity index (χ1) is 15.4. The summed E-state index contributed by atoms with van der Waals surface area (Å²) in [6, 6.07) is 20.5. The van der Waals surface area contributed by atoms with Crippen LogP contribution in [0.3, 0.4) is 0 Å². The van der Waals surface area contributed by atoms with E-state index in [1.165, 1.54) is 10.7 Å². The molecule has 4 rings (SSSR count). The number of nitrogens with zero attached hydrogens (tertiary/aromatic N) is 3. The van der Waals surface area contributed by atoms with Gasteiger partial charge in [0.05, 0.1) is 18.0 Å². The molecule has 3 aromatic carbocycles. The number of aromatic nitrogens is 2. The summed E-state index contributed by atoms with van der Waals surface area (Å²) < 4.78 is 15.7. The molecular formula is C25H17FN4O2. The van der Waals surface area contributed by atoms with E-state index in [1.54, 1.807) is 67.6 Å². The van der Waals surface area contributed by atoms with Crippen molar-refractivity contribution in [3.8, 4) is 5.69 Å². The zero-order chi connectivity index (χ0) is 22.7. The lowest BCUT2D eigenvalue weighted by atomic mass is 10.0. The van der Waals surface area contributed by atoms with Crippen molar-refractivity contribution in [1.29, 1.82) is 0 Å². The van der Waals surface area contributed by atoms with Crippen LogP contribution in [0.2, 0.25) is 0 Å². The fourth-order valence-electron chi connectivity index (χ4n) is 3.30. The second-order valence-corrected chi connectivity index (χ2v) is 7.09. The molecule has 0 radical (unpaired) electrons. The maximum atomic E-state index is 14.2. The predicted molar refractivity (Wildman–Crippen MR) is 119 cm³/mol. The van der Waals surface area contributed by atoms with Crippen molar-refractivity contribution in [1.82, 2.24) is 9.78 Å². The lowest BCUT2D eigenvalue weighted by Crippen LogP contribution is -2.17. The van der Waals surface area contributed by atoms with Crippen molar-refractivity contribution < 1.29 is 14.0 Å². The average molecular weight is 424 g/mol. The van der Waals surface area contributed by atoms with Crippen molar-refractivity contribution in [3.05, 3.63) is 119 Å². The molecule has 0 spiro atoms. The Morgan fingerprint density at radius 3 is 2.50 bits per heavy atom. The smallest absolute Gasteiger partial charge is 0.274 e. The first kappa shape index (κ1) is 20.7. The molecule has 0 saturated heterocycles. The summed E-state index contributed by atoms with van der Waals surface area (Å²) in [4.78, 5) is 29.1. The van der Waals surface area contributed by atoms with Crippen molar-refractivity contribution in [3.63, 3.8) is 0 Å². The Hall–Kier alpha value is -4.57. The number of carbonyl (C=O) groups excluding carboxylic acids is 2. The Morgan fingerprint density at radius 2 is 1.75 bits per heavy atom. The van der Waals surface area contributed by atoms with Crippen LogP contribution in [0.1, 0.15) is 32.1 Å².